The fourth-order valence-electron chi connectivity index (χ4n) is 5.06. The zero-order chi connectivity index (χ0) is 26.0. The minimum absolute atomic E-state index is 0.226. The van der Waals surface area contributed by atoms with Crippen LogP contribution in [0.25, 0.3) is 11.3 Å². The Bertz CT molecular complexity index is 1410. The molecule has 196 valence electrons. The third-order valence-electron chi connectivity index (χ3n) is 7.51. The Balaban J connectivity index is 1.38. The average Bonchev–Trinajstić information content (AvgIpc) is 3.37. The van der Waals surface area contributed by atoms with Gasteiger partial charge >= 0.3 is 10.2 Å². The van der Waals surface area contributed by atoms with E-state index >= 15 is 0 Å². The van der Waals surface area contributed by atoms with Crippen molar-refractivity contribution in [2.24, 2.45) is 5.92 Å². The molecule has 2 fully saturated rings. The van der Waals surface area contributed by atoms with Gasteiger partial charge in [-0.3, -0.25) is 4.90 Å². The molecule has 2 aliphatic heterocycles. The Morgan fingerprint density at radius 3 is 2.42 bits per heavy atom. The van der Waals surface area contributed by atoms with Gasteiger partial charge in [-0.15, -0.1) is 0 Å². The lowest BCUT2D eigenvalue weighted by molar-refractivity contribution is 0.101. The standard InChI is InChI=1S/C24H30F2N4O4S2/c1-16-4-5-17(14-29-10-8-19(9-11-29)35(3,31)32)12-20(16)21-6-7-22-23(27-21)28(2)36(33,34)30(22)15-18-13-24(18,25)26/h4-7,12,18-19H,8-11,13-15H2,1-3H3. The van der Waals surface area contributed by atoms with E-state index in [2.05, 4.69) is 9.88 Å². The van der Waals surface area contributed by atoms with Crippen LogP contribution in [0.4, 0.5) is 20.3 Å². The van der Waals surface area contributed by atoms with E-state index in [1.807, 2.05) is 25.1 Å². The number of pyridine rings is 1. The molecular formula is C24H30F2N4O4S2. The number of benzene rings is 1. The van der Waals surface area contributed by atoms with Crippen molar-refractivity contribution in [1.29, 1.82) is 0 Å². The van der Waals surface area contributed by atoms with E-state index in [-0.39, 0.29) is 24.0 Å². The number of nitrogens with zero attached hydrogens (tertiary/aromatic N) is 4. The van der Waals surface area contributed by atoms with E-state index in [4.69, 9.17) is 0 Å². The molecule has 3 heterocycles. The van der Waals surface area contributed by atoms with Crippen LogP contribution in [0.2, 0.25) is 0 Å². The number of piperidine rings is 1. The number of likely N-dealkylation sites (tertiary alicyclic amines) is 1. The highest BCUT2D eigenvalue weighted by Crippen LogP contribution is 2.51. The van der Waals surface area contributed by atoms with E-state index in [0.717, 1.165) is 25.3 Å². The van der Waals surface area contributed by atoms with E-state index in [9.17, 15) is 25.6 Å². The van der Waals surface area contributed by atoms with Gasteiger partial charge in [0.1, 0.15) is 9.84 Å². The maximum absolute atomic E-state index is 13.5. The van der Waals surface area contributed by atoms with E-state index in [1.165, 1.54) is 13.3 Å². The third kappa shape index (κ3) is 4.58. The molecule has 3 aliphatic rings. The first-order chi connectivity index (χ1) is 16.8. The fourth-order valence-corrected chi connectivity index (χ4v) is 7.53. The lowest BCUT2D eigenvalue weighted by Crippen LogP contribution is -2.38. The quantitative estimate of drug-likeness (QED) is 0.559. The number of halogens is 2. The monoisotopic (exact) mass is 540 g/mol. The van der Waals surface area contributed by atoms with Crippen molar-refractivity contribution in [2.75, 3.05) is 41.5 Å². The molecule has 0 amide bonds. The number of fused-ring (bicyclic) bond motifs is 1. The van der Waals surface area contributed by atoms with Crippen molar-refractivity contribution in [3.8, 4) is 11.3 Å². The van der Waals surface area contributed by atoms with Gasteiger partial charge in [-0.2, -0.15) is 8.42 Å². The molecular weight excluding hydrogens is 510 g/mol. The molecule has 0 radical (unpaired) electrons. The summed E-state index contributed by atoms with van der Waals surface area (Å²) in [5.41, 5.74) is 3.80. The predicted molar refractivity (Wildman–Crippen MR) is 135 cm³/mol. The van der Waals surface area contributed by atoms with Gasteiger partial charge in [0.2, 0.25) is 0 Å². The van der Waals surface area contributed by atoms with Gasteiger partial charge in [-0.1, -0.05) is 12.1 Å². The summed E-state index contributed by atoms with van der Waals surface area (Å²) >= 11 is 0. The van der Waals surface area contributed by atoms with Crippen LogP contribution >= 0.6 is 0 Å². The molecule has 1 aromatic heterocycles. The van der Waals surface area contributed by atoms with Crippen LogP contribution in [-0.2, 0) is 26.6 Å². The lowest BCUT2D eigenvalue weighted by atomic mass is 10.0. The average molecular weight is 541 g/mol. The van der Waals surface area contributed by atoms with Crippen LogP contribution in [0.3, 0.4) is 0 Å². The molecule has 1 saturated heterocycles. The molecule has 0 N–H and O–H groups in total. The molecule has 1 aromatic carbocycles. The zero-order valence-corrected chi connectivity index (χ0v) is 22.1. The Kier molecular flexibility index (Phi) is 6.07. The van der Waals surface area contributed by atoms with Crippen molar-refractivity contribution < 1.29 is 25.6 Å². The van der Waals surface area contributed by atoms with Crippen molar-refractivity contribution in [3.05, 3.63) is 41.5 Å². The number of alkyl halides is 2. The summed E-state index contributed by atoms with van der Waals surface area (Å²) < 4.78 is 78.6. The van der Waals surface area contributed by atoms with Crippen LogP contribution in [0.5, 0.6) is 0 Å². The molecule has 5 rings (SSSR count). The Morgan fingerprint density at radius 2 is 1.81 bits per heavy atom. The summed E-state index contributed by atoms with van der Waals surface area (Å²) in [6.07, 6.45) is 2.23. The predicted octanol–water partition coefficient (Wildman–Crippen LogP) is 3.22. The molecule has 1 aliphatic carbocycles. The lowest BCUT2D eigenvalue weighted by Gasteiger charge is -2.31. The highest BCUT2D eigenvalue weighted by Gasteiger charge is 2.59. The van der Waals surface area contributed by atoms with Crippen molar-refractivity contribution in [2.45, 2.75) is 43.9 Å². The topological polar surface area (TPSA) is 90.9 Å². The van der Waals surface area contributed by atoms with Gasteiger partial charge in [0.25, 0.3) is 5.92 Å². The van der Waals surface area contributed by atoms with Crippen LogP contribution < -0.4 is 8.61 Å². The highest BCUT2D eigenvalue weighted by molar-refractivity contribution is 7.94. The maximum atomic E-state index is 13.5. The first-order valence-electron chi connectivity index (χ1n) is 11.9. The van der Waals surface area contributed by atoms with Gasteiger partial charge in [-0.25, -0.2) is 30.8 Å². The molecule has 8 nitrogen and oxygen atoms in total. The summed E-state index contributed by atoms with van der Waals surface area (Å²) in [7, 11) is -5.60. The third-order valence-corrected chi connectivity index (χ3v) is 11.0. The summed E-state index contributed by atoms with van der Waals surface area (Å²) in [6.45, 7) is 3.77. The smallest absolute Gasteiger partial charge is 0.299 e. The Labute approximate surface area is 211 Å². The Hall–Kier alpha value is -2.31. The van der Waals surface area contributed by atoms with Gasteiger partial charge in [-0.05, 0) is 62.2 Å². The summed E-state index contributed by atoms with van der Waals surface area (Å²) in [4.78, 5) is 6.87. The van der Waals surface area contributed by atoms with Crippen molar-refractivity contribution in [3.63, 3.8) is 0 Å². The van der Waals surface area contributed by atoms with Crippen molar-refractivity contribution >= 4 is 31.6 Å². The molecule has 1 atom stereocenters. The van der Waals surface area contributed by atoms with Gasteiger partial charge in [0.15, 0.2) is 5.82 Å². The van der Waals surface area contributed by atoms with E-state index in [0.29, 0.717) is 43.9 Å². The number of sulfone groups is 1. The van der Waals surface area contributed by atoms with Gasteiger partial charge in [0.05, 0.1) is 16.6 Å². The number of aromatic nitrogens is 1. The zero-order valence-electron chi connectivity index (χ0n) is 20.5. The first kappa shape index (κ1) is 25.3. The van der Waals surface area contributed by atoms with Crippen LogP contribution in [0, 0.1) is 12.8 Å². The minimum Gasteiger partial charge on any atom is -0.299 e. The Morgan fingerprint density at radius 1 is 1.14 bits per heavy atom. The van der Waals surface area contributed by atoms with Crippen LogP contribution in [0.1, 0.15) is 30.4 Å². The minimum atomic E-state index is -3.96. The number of aryl methyl sites for hydroxylation is 1. The normalized spacial score (nSPS) is 23.6. The second-order valence-electron chi connectivity index (χ2n) is 10.2. The number of hydrogen-bond donors (Lipinski definition) is 0. The van der Waals surface area contributed by atoms with Crippen LogP contribution in [-0.4, -0.2) is 70.8 Å². The molecule has 1 saturated carbocycles. The molecule has 2 aromatic rings. The van der Waals surface area contributed by atoms with E-state index in [1.54, 1.807) is 12.1 Å². The molecule has 1 unspecified atom stereocenters. The fraction of sp³-hybridized carbons (Fsp3) is 0.542. The molecule has 12 heteroatoms. The van der Waals surface area contributed by atoms with E-state index < -0.39 is 31.9 Å². The maximum Gasteiger partial charge on any atom is 0.327 e. The first-order valence-corrected chi connectivity index (χ1v) is 15.3. The molecule has 36 heavy (non-hydrogen) atoms. The summed E-state index contributed by atoms with van der Waals surface area (Å²) in [5, 5.41) is -0.281. The highest BCUT2D eigenvalue weighted by atomic mass is 32.2. The number of rotatable bonds is 6. The number of anilines is 2. The SMILES string of the molecule is Cc1ccc(CN2CCC(S(C)(=O)=O)CC2)cc1-c1ccc2c(n1)N(C)S(=O)(=O)N2CC1CC1(F)F. The summed E-state index contributed by atoms with van der Waals surface area (Å²) in [6, 6.07) is 9.42. The van der Waals surface area contributed by atoms with Crippen molar-refractivity contribution in [1.82, 2.24) is 9.88 Å². The summed E-state index contributed by atoms with van der Waals surface area (Å²) in [5.74, 6) is -3.57. The second-order valence-corrected chi connectivity index (χ2v) is 14.4. The second kappa shape index (κ2) is 8.63. The number of hydrogen-bond acceptors (Lipinski definition) is 6. The largest absolute Gasteiger partial charge is 0.327 e. The molecule has 0 bridgehead atoms. The van der Waals surface area contributed by atoms with Crippen LogP contribution in [0.15, 0.2) is 30.3 Å². The van der Waals surface area contributed by atoms with Gasteiger partial charge in [0, 0.05) is 44.3 Å². The molecule has 0 spiro atoms. The van der Waals surface area contributed by atoms with Gasteiger partial charge < -0.3 is 0 Å².